The summed E-state index contributed by atoms with van der Waals surface area (Å²) in [5.41, 5.74) is 0. The third-order valence-corrected chi connectivity index (χ3v) is 6.02. The van der Waals surface area contributed by atoms with Crippen LogP contribution in [-0.4, -0.2) is 47.3 Å². The molecule has 30 heavy (non-hydrogen) atoms. The fourth-order valence-corrected chi connectivity index (χ4v) is 4.04. The fraction of sp³-hybridized carbons (Fsp3) is 0.962. The zero-order valence-electron chi connectivity index (χ0n) is 20.2. The van der Waals surface area contributed by atoms with Gasteiger partial charge in [0.05, 0.1) is 0 Å². The van der Waals surface area contributed by atoms with Gasteiger partial charge in [-0.25, -0.2) is 0 Å². The first-order chi connectivity index (χ1) is 14.8. The van der Waals surface area contributed by atoms with Gasteiger partial charge in [-0.2, -0.15) is 0 Å². The van der Waals surface area contributed by atoms with Crippen LogP contribution in [-0.2, 0) is 4.79 Å². The summed E-state index contributed by atoms with van der Waals surface area (Å²) in [5, 5.41) is 17.9. The molecule has 0 atom stereocenters. The Morgan fingerprint density at radius 3 is 1.20 bits per heavy atom. The summed E-state index contributed by atoms with van der Waals surface area (Å²) in [4.78, 5) is 14.1. The van der Waals surface area contributed by atoms with Gasteiger partial charge in [0.15, 0.2) is 0 Å². The third-order valence-electron chi connectivity index (χ3n) is 6.02. The van der Waals surface area contributed by atoms with Crippen LogP contribution in [0.5, 0.6) is 0 Å². The molecular formula is C26H53NO3. The van der Waals surface area contributed by atoms with Gasteiger partial charge in [0, 0.05) is 32.7 Å². The van der Waals surface area contributed by atoms with Crippen LogP contribution in [0.3, 0.4) is 0 Å². The largest absolute Gasteiger partial charge is 0.396 e. The Hall–Kier alpha value is -0.610. The molecule has 0 aliphatic carbocycles. The summed E-state index contributed by atoms with van der Waals surface area (Å²) in [6.07, 6.45) is 24.8. The number of nitrogens with zero attached hydrogens (tertiary/aromatic N) is 1. The molecule has 0 saturated heterocycles. The molecule has 4 nitrogen and oxygen atoms in total. The average Bonchev–Trinajstić information content (AvgIpc) is 2.75. The smallest absolute Gasteiger partial charge is 0.222 e. The Balaban J connectivity index is 3.37. The van der Waals surface area contributed by atoms with Crippen molar-refractivity contribution in [3.05, 3.63) is 0 Å². The standard InChI is InChI=1S/C26H53NO3/c1-2-3-4-5-6-7-8-9-10-11-12-13-14-15-16-17-18-21-26(30)27(22-19-24-28)23-20-25-29/h28-29H,2-25H2,1H3. The minimum absolute atomic E-state index is 0.113. The molecular weight excluding hydrogens is 374 g/mol. The zero-order chi connectivity index (χ0) is 22.1. The molecule has 0 rings (SSSR count). The first-order valence-corrected chi connectivity index (χ1v) is 13.3. The van der Waals surface area contributed by atoms with Crippen molar-refractivity contribution in [3.63, 3.8) is 0 Å². The zero-order valence-corrected chi connectivity index (χ0v) is 20.2. The summed E-state index contributed by atoms with van der Waals surface area (Å²) >= 11 is 0. The summed E-state index contributed by atoms with van der Waals surface area (Å²) in [7, 11) is 0. The van der Waals surface area contributed by atoms with E-state index in [1.165, 1.54) is 96.3 Å². The highest BCUT2D eigenvalue weighted by atomic mass is 16.3. The summed E-state index contributed by atoms with van der Waals surface area (Å²) in [6, 6.07) is 0. The van der Waals surface area contributed by atoms with E-state index in [1.807, 2.05) is 0 Å². The number of aliphatic hydroxyl groups is 2. The molecule has 0 fully saturated rings. The number of unbranched alkanes of at least 4 members (excludes halogenated alkanes) is 16. The molecule has 0 heterocycles. The molecule has 0 aromatic rings. The van der Waals surface area contributed by atoms with Crippen LogP contribution < -0.4 is 0 Å². The number of aliphatic hydroxyl groups excluding tert-OH is 2. The van der Waals surface area contributed by atoms with Crippen molar-refractivity contribution in [2.24, 2.45) is 0 Å². The molecule has 0 spiro atoms. The lowest BCUT2D eigenvalue weighted by molar-refractivity contribution is -0.131. The maximum atomic E-state index is 12.3. The first-order valence-electron chi connectivity index (χ1n) is 13.3. The van der Waals surface area contributed by atoms with Crippen molar-refractivity contribution in [2.45, 2.75) is 135 Å². The maximum Gasteiger partial charge on any atom is 0.222 e. The average molecular weight is 428 g/mol. The lowest BCUT2D eigenvalue weighted by Crippen LogP contribution is -2.33. The molecule has 2 N–H and O–H groups in total. The molecule has 0 aromatic heterocycles. The normalized spacial score (nSPS) is 11.2. The number of rotatable bonds is 24. The Labute approximate surface area is 187 Å². The Kier molecular flexibility index (Phi) is 24.2. The van der Waals surface area contributed by atoms with Gasteiger partial charge in [-0.1, -0.05) is 110 Å². The maximum absolute atomic E-state index is 12.3. The SMILES string of the molecule is CCCCCCCCCCCCCCCCCCCC(=O)N(CCCO)CCCO. The molecule has 0 aromatic carbocycles. The third kappa shape index (κ3) is 20.7. The van der Waals surface area contributed by atoms with Crippen LogP contribution in [0.1, 0.15) is 135 Å². The Bertz CT molecular complexity index is 341. The molecule has 1 amide bonds. The molecule has 0 aliphatic rings. The van der Waals surface area contributed by atoms with E-state index in [0.717, 1.165) is 12.8 Å². The molecule has 4 heteroatoms. The van der Waals surface area contributed by atoms with E-state index in [0.29, 0.717) is 32.4 Å². The molecule has 0 bridgehead atoms. The number of hydrogen-bond donors (Lipinski definition) is 2. The van der Waals surface area contributed by atoms with E-state index in [4.69, 9.17) is 10.2 Å². The van der Waals surface area contributed by atoms with Crippen molar-refractivity contribution < 1.29 is 15.0 Å². The van der Waals surface area contributed by atoms with Gasteiger partial charge in [-0.05, 0) is 19.3 Å². The molecule has 180 valence electrons. The Morgan fingerprint density at radius 2 is 0.867 bits per heavy atom. The summed E-state index contributed by atoms with van der Waals surface area (Å²) in [6.45, 7) is 3.72. The second kappa shape index (κ2) is 24.7. The summed E-state index contributed by atoms with van der Waals surface area (Å²) < 4.78 is 0. The predicted molar refractivity (Wildman–Crippen MR) is 129 cm³/mol. The fourth-order valence-electron chi connectivity index (χ4n) is 4.04. The van der Waals surface area contributed by atoms with Crippen molar-refractivity contribution in [3.8, 4) is 0 Å². The van der Waals surface area contributed by atoms with E-state index in [1.54, 1.807) is 4.90 Å². The van der Waals surface area contributed by atoms with Gasteiger partial charge in [0.2, 0.25) is 5.91 Å². The van der Waals surface area contributed by atoms with Gasteiger partial charge < -0.3 is 15.1 Å². The van der Waals surface area contributed by atoms with Crippen LogP contribution >= 0.6 is 0 Å². The molecule has 0 aliphatic heterocycles. The van der Waals surface area contributed by atoms with Gasteiger partial charge in [0.1, 0.15) is 0 Å². The van der Waals surface area contributed by atoms with Crippen LogP contribution in [0, 0.1) is 0 Å². The van der Waals surface area contributed by atoms with Crippen molar-refractivity contribution in [2.75, 3.05) is 26.3 Å². The van der Waals surface area contributed by atoms with Crippen LogP contribution in [0.15, 0.2) is 0 Å². The number of carbonyl (C=O) groups excluding carboxylic acids is 1. The van der Waals surface area contributed by atoms with Crippen LogP contribution in [0.4, 0.5) is 0 Å². The highest BCUT2D eigenvalue weighted by Gasteiger charge is 2.12. The van der Waals surface area contributed by atoms with E-state index in [-0.39, 0.29) is 19.1 Å². The van der Waals surface area contributed by atoms with Gasteiger partial charge >= 0.3 is 0 Å². The number of hydrogen-bond acceptors (Lipinski definition) is 3. The van der Waals surface area contributed by atoms with Crippen LogP contribution in [0.2, 0.25) is 0 Å². The van der Waals surface area contributed by atoms with E-state index in [9.17, 15) is 4.79 Å². The highest BCUT2D eigenvalue weighted by molar-refractivity contribution is 5.76. The lowest BCUT2D eigenvalue weighted by atomic mass is 10.0. The van der Waals surface area contributed by atoms with Crippen LogP contribution in [0.25, 0.3) is 0 Å². The monoisotopic (exact) mass is 427 g/mol. The number of carbonyl (C=O) groups is 1. The van der Waals surface area contributed by atoms with Crippen molar-refractivity contribution in [1.29, 1.82) is 0 Å². The lowest BCUT2D eigenvalue weighted by Gasteiger charge is -2.22. The number of amides is 1. The summed E-state index contributed by atoms with van der Waals surface area (Å²) in [5.74, 6) is 0.179. The second-order valence-electron chi connectivity index (χ2n) is 8.94. The minimum Gasteiger partial charge on any atom is -0.396 e. The van der Waals surface area contributed by atoms with E-state index < -0.39 is 0 Å². The minimum atomic E-state index is 0.113. The topological polar surface area (TPSA) is 60.8 Å². The van der Waals surface area contributed by atoms with E-state index in [2.05, 4.69) is 6.92 Å². The first kappa shape index (κ1) is 29.4. The quantitative estimate of drug-likeness (QED) is 0.170. The molecule has 0 radical (unpaired) electrons. The van der Waals surface area contributed by atoms with Crippen molar-refractivity contribution >= 4 is 5.91 Å². The van der Waals surface area contributed by atoms with Gasteiger partial charge in [-0.15, -0.1) is 0 Å². The highest BCUT2D eigenvalue weighted by Crippen LogP contribution is 2.14. The van der Waals surface area contributed by atoms with E-state index >= 15 is 0 Å². The predicted octanol–water partition coefficient (Wildman–Crippen LogP) is 6.62. The molecule has 0 saturated carbocycles. The Morgan fingerprint density at radius 1 is 0.533 bits per heavy atom. The van der Waals surface area contributed by atoms with Crippen molar-refractivity contribution in [1.82, 2.24) is 4.90 Å². The van der Waals surface area contributed by atoms with Gasteiger partial charge in [0.25, 0.3) is 0 Å². The molecule has 0 unspecified atom stereocenters. The second-order valence-corrected chi connectivity index (χ2v) is 8.94. The van der Waals surface area contributed by atoms with Gasteiger partial charge in [-0.3, -0.25) is 4.79 Å².